The maximum atomic E-state index is 13.1. The van der Waals surface area contributed by atoms with Crippen LogP contribution in [0.15, 0.2) is 65.9 Å². The predicted octanol–water partition coefficient (Wildman–Crippen LogP) is 3.61. The zero-order valence-electron chi connectivity index (χ0n) is 13.2. The summed E-state index contributed by atoms with van der Waals surface area (Å²) in [5.41, 5.74) is 1.33. The summed E-state index contributed by atoms with van der Waals surface area (Å²) in [7, 11) is 1.63. The molecule has 1 amide bonds. The molecule has 122 valence electrons. The molecule has 0 saturated heterocycles. The van der Waals surface area contributed by atoms with Crippen LogP contribution >= 0.6 is 0 Å². The first-order valence-corrected chi connectivity index (χ1v) is 7.58. The van der Waals surface area contributed by atoms with Crippen LogP contribution in [0.3, 0.4) is 0 Å². The number of hydrogen-bond acceptors (Lipinski definition) is 3. The second-order valence-electron chi connectivity index (χ2n) is 5.75. The number of carbonyl (C=O) groups is 1. The average molecular weight is 324 g/mol. The van der Waals surface area contributed by atoms with Crippen LogP contribution in [0.5, 0.6) is 0 Å². The summed E-state index contributed by atoms with van der Waals surface area (Å²) in [5, 5.41) is 18.7. The Balaban J connectivity index is 1.96. The van der Waals surface area contributed by atoms with Gasteiger partial charge in [0.05, 0.1) is 11.8 Å². The third-order valence-corrected chi connectivity index (χ3v) is 4.24. The molecular formula is C19H17FN2O2. The van der Waals surface area contributed by atoms with Gasteiger partial charge in [0, 0.05) is 19.0 Å². The molecule has 1 atom stereocenters. The van der Waals surface area contributed by atoms with Gasteiger partial charge in [-0.25, -0.2) is 4.39 Å². The fourth-order valence-corrected chi connectivity index (χ4v) is 2.89. The first-order chi connectivity index (χ1) is 11.5. The fraction of sp³-hybridized carbons (Fsp3) is 0.158. The first-order valence-electron chi connectivity index (χ1n) is 7.58. The van der Waals surface area contributed by atoms with Gasteiger partial charge >= 0.3 is 0 Å². The molecule has 4 nitrogen and oxygen atoms in total. The van der Waals surface area contributed by atoms with Crippen LogP contribution in [0.4, 0.5) is 4.39 Å². The lowest BCUT2D eigenvalue weighted by Gasteiger charge is -2.34. The Bertz CT molecular complexity index is 813. The van der Waals surface area contributed by atoms with Gasteiger partial charge in [0.15, 0.2) is 0 Å². The van der Waals surface area contributed by atoms with Crippen molar-refractivity contribution in [3.8, 4) is 0 Å². The van der Waals surface area contributed by atoms with E-state index in [0.717, 1.165) is 5.56 Å². The highest BCUT2D eigenvalue weighted by molar-refractivity contribution is 6.27. The van der Waals surface area contributed by atoms with Gasteiger partial charge in [-0.1, -0.05) is 42.5 Å². The van der Waals surface area contributed by atoms with E-state index in [9.17, 15) is 14.3 Å². The van der Waals surface area contributed by atoms with Crippen LogP contribution in [0, 0.1) is 11.2 Å². The number of hydrogen-bond donors (Lipinski definition) is 2. The van der Waals surface area contributed by atoms with Crippen molar-refractivity contribution in [3.05, 3.63) is 82.9 Å². The second kappa shape index (κ2) is 6.28. The number of amides is 1. The van der Waals surface area contributed by atoms with Crippen molar-refractivity contribution in [1.29, 1.82) is 5.41 Å². The molecule has 0 radical (unpaired) electrons. The Morgan fingerprint density at radius 3 is 2.42 bits per heavy atom. The summed E-state index contributed by atoms with van der Waals surface area (Å²) >= 11 is 0. The van der Waals surface area contributed by atoms with Crippen LogP contribution in [-0.2, 0) is 4.79 Å². The van der Waals surface area contributed by atoms with E-state index in [2.05, 4.69) is 0 Å². The number of likely N-dealkylation sites (N-methyl/N-ethyl adjacent to an activating group) is 1. The van der Waals surface area contributed by atoms with E-state index < -0.39 is 5.91 Å². The normalized spacial score (nSPS) is 18.0. The van der Waals surface area contributed by atoms with Crippen molar-refractivity contribution in [2.75, 3.05) is 7.05 Å². The van der Waals surface area contributed by atoms with Crippen molar-refractivity contribution in [3.63, 3.8) is 0 Å². The minimum absolute atomic E-state index is 0.00232. The smallest absolute Gasteiger partial charge is 0.259 e. The maximum absolute atomic E-state index is 13.1. The average Bonchev–Trinajstić information content (AvgIpc) is 2.60. The Labute approximate surface area is 139 Å². The number of carbonyl (C=O) groups excluding carboxylic acids is 1. The summed E-state index contributed by atoms with van der Waals surface area (Å²) in [4.78, 5) is 14.2. The predicted molar refractivity (Wildman–Crippen MR) is 89.5 cm³/mol. The summed E-state index contributed by atoms with van der Waals surface area (Å²) in [6.45, 7) is 0. The molecule has 0 fully saturated rings. The number of aliphatic hydroxyl groups is 1. The Morgan fingerprint density at radius 2 is 1.79 bits per heavy atom. The molecule has 24 heavy (non-hydrogen) atoms. The van der Waals surface area contributed by atoms with Crippen LogP contribution in [-0.4, -0.2) is 28.7 Å². The molecular weight excluding hydrogens is 307 g/mol. The van der Waals surface area contributed by atoms with E-state index in [0.29, 0.717) is 5.56 Å². The Morgan fingerprint density at radius 1 is 1.17 bits per heavy atom. The van der Waals surface area contributed by atoms with E-state index in [1.807, 2.05) is 6.07 Å². The van der Waals surface area contributed by atoms with E-state index in [4.69, 9.17) is 5.41 Å². The lowest BCUT2D eigenvalue weighted by molar-refractivity contribution is -0.128. The number of halogens is 1. The zero-order chi connectivity index (χ0) is 17.3. The number of nitrogens with one attached hydrogen (secondary N) is 1. The number of rotatable bonds is 3. The van der Waals surface area contributed by atoms with Crippen LogP contribution < -0.4 is 0 Å². The van der Waals surface area contributed by atoms with E-state index in [1.54, 1.807) is 43.4 Å². The quantitative estimate of drug-likeness (QED) is 0.847. The van der Waals surface area contributed by atoms with Gasteiger partial charge in [-0.15, -0.1) is 0 Å². The Kier molecular flexibility index (Phi) is 4.16. The number of benzene rings is 2. The lowest BCUT2D eigenvalue weighted by Crippen LogP contribution is -2.39. The van der Waals surface area contributed by atoms with Gasteiger partial charge < -0.3 is 10.0 Å². The van der Waals surface area contributed by atoms with E-state index in [-0.39, 0.29) is 35.3 Å². The summed E-state index contributed by atoms with van der Waals surface area (Å²) in [5.74, 6) is -0.877. The standard InChI is InChI=1S/C19H17FN2O2/c1-22-15(12-7-9-14(20)10-8-12)11-16(23)17(19(22)24)18(21)13-5-3-2-4-6-13/h2-10,15,21,23H,11H2,1H3. The molecule has 1 aliphatic rings. The molecule has 0 bridgehead atoms. The van der Waals surface area contributed by atoms with Crippen molar-refractivity contribution < 1.29 is 14.3 Å². The second-order valence-corrected chi connectivity index (χ2v) is 5.75. The van der Waals surface area contributed by atoms with E-state index in [1.165, 1.54) is 17.0 Å². The van der Waals surface area contributed by atoms with Gasteiger partial charge in [-0.2, -0.15) is 0 Å². The molecule has 0 aromatic heterocycles. The zero-order valence-corrected chi connectivity index (χ0v) is 13.2. The third kappa shape index (κ3) is 2.80. The summed E-state index contributed by atoms with van der Waals surface area (Å²) in [6, 6.07) is 14.3. The molecule has 5 heteroatoms. The highest BCUT2D eigenvalue weighted by atomic mass is 19.1. The maximum Gasteiger partial charge on any atom is 0.259 e. The van der Waals surface area contributed by atoms with Crippen molar-refractivity contribution in [1.82, 2.24) is 4.90 Å². The fourth-order valence-electron chi connectivity index (χ4n) is 2.89. The first kappa shape index (κ1) is 15.9. The molecule has 0 spiro atoms. The highest BCUT2D eigenvalue weighted by Crippen LogP contribution is 2.34. The van der Waals surface area contributed by atoms with Gasteiger partial charge in [-0.05, 0) is 17.7 Å². The molecule has 1 heterocycles. The van der Waals surface area contributed by atoms with Gasteiger partial charge in [0.25, 0.3) is 5.91 Å². The molecule has 1 unspecified atom stereocenters. The van der Waals surface area contributed by atoms with Gasteiger partial charge in [0.2, 0.25) is 0 Å². The monoisotopic (exact) mass is 324 g/mol. The van der Waals surface area contributed by atoms with Gasteiger partial charge in [-0.3, -0.25) is 10.2 Å². The lowest BCUT2D eigenvalue weighted by atomic mass is 9.90. The Hall–Kier alpha value is -2.95. The number of nitrogens with zero attached hydrogens (tertiary/aromatic N) is 1. The van der Waals surface area contributed by atoms with Crippen LogP contribution in [0.25, 0.3) is 0 Å². The topological polar surface area (TPSA) is 64.4 Å². The summed E-state index contributed by atoms with van der Waals surface area (Å²) in [6.07, 6.45) is 0.193. The molecule has 1 aliphatic heterocycles. The molecule has 2 aromatic rings. The molecule has 2 aromatic carbocycles. The largest absolute Gasteiger partial charge is 0.511 e. The molecule has 3 rings (SSSR count). The summed E-state index contributed by atoms with van der Waals surface area (Å²) < 4.78 is 13.1. The molecule has 0 aliphatic carbocycles. The van der Waals surface area contributed by atoms with Crippen LogP contribution in [0.2, 0.25) is 0 Å². The van der Waals surface area contributed by atoms with Gasteiger partial charge in [0.1, 0.15) is 17.1 Å². The SMILES string of the molecule is CN1C(=O)C(C(=N)c2ccccc2)=C(O)CC1c1ccc(F)cc1. The minimum atomic E-state index is -0.415. The van der Waals surface area contributed by atoms with E-state index >= 15 is 0 Å². The highest BCUT2D eigenvalue weighted by Gasteiger charge is 2.35. The van der Waals surface area contributed by atoms with Crippen molar-refractivity contribution in [2.24, 2.45) is 0 Å². The number of aliphatic hydroxyl groups excluding tert-OH is 1. The third-order valence-electron chi connectivity index (χ3n) is 4.24. The van der Waals surface area contributed by atoms with Crippen molar-refractivity contribution >= 4 is 11.6 Å². The van der Waals surface area contributed by atoms with Crippen LogP contribution in [0.1, 0.15) is 23.6 Å². The minimum Gasteiger partial charge on any atom is -0.511 e. The molecule has 2 N–H and O–H groups in total. The van der Waals surface area contributed by atoms with Crippen molar-refractivity contribution in [2.45, 2.75) is 12.5 Å². The molecule has 0 saturated carbocycles.